The van der Waals surface area contributed by atoms with Crippen LogP contribution in [-0.4, -0.2) is 43.6 Å². The molecule has 0 bridgehead atoms. The number of rotatable bonds is 9. The van der Waals surface area contributed by atoms with Crippen molar-refractivity contribution in [2.24, 2.45) is 0 Å². The lowest BCUT2D eigenvalue weighted by atomic mass is 10.1. The molecule has 0 aromatic heterocycles. The van der Waals surface area contributed by atoms with Crippen molar-refractivity contribution in [2.45, 2.75) is 26.2 Å². The molecule has 0 unspecified atom stereocenters. The van der Waals surface area contributed by atoms with Crippen molar-refractivity contribution in [3.8, 4) is 5.75 Å². The molecular formula is C18H22ClNO4. The van der Waals surface area contributed by atoms with Gasteiger partial charge in [0.2, 0.25) is 0 Å². The van der Waals surface area contributed by atoms with Gasteiger partial charge in [-0.15, -0.1) is 0 Å². The number of unbranched alkanes of at least 4 members (excludes halogenated alkanes) is 1. The van der Waals surface area contributed by atoms with Crippen molar-refractivity contribution in [2.75, 3.05) is 26.9 Å². The molecule has 0 spiro atoms. The van der Waals surface area contributed by atoms with E-state index in [0.717, 1.165) is 12.8 Å². The Morgan fingerprint density at radius 1 is 1.08 bits per heavy atom. The van der Waals surface area contributed by atoms with Gasteiger partial charge in [-0.05, 0) is 18.9 Å². The highest BCUT2D eigenvalue weighted by Gasteiger charge is 2.38. The van der Waals surface area contributed by atoms with Crippen LogP contribution in [0.3, 0.4) is 0 Å². The minimum absolute atomic E-state index is 0.0589. The predicted molar refractivity (Wildman–Crippen MR) is 92.8 cm³/mol. The van der Waals surface area contributed by atoms with Crippen LogP contribution in [0.1, 0.15) is 31.7 Å². The quantitative estimate of drug-likeness (QED) is 0.506. The average molecular weight is 352 g/mol. The van der Waals surface area contributed by atoms with E-state index in [4.69, 9.17) is 21.1 Å². The summed E-state index contributed by atoms with van der Waals surface area (Å²) < 4.78 is 10.7. The van der Waals surface area contributed by atoms with E-state index in [0.29, 0.717) is 37.5 Å². The molecule has 1 aromatic rings. The Morgan fingerprint density at radius 2 is 1.79 bits per heavy atom. The van der Waals surface area contributed by atoms with Gasteiger partial charge in [-0.2, -0.15) is 0 Å². The number of nitrogens with zero attached hydrogens (tertiary/aromatic N) is 1. The number of carbonyl (C=O) groups is 2. The van der Waals surface area contributed by atoms with Crippen LogP contribution in [0, 0.1) is 0 Å². The minimum atomic E-state index is -0.462. The second kappa shape index (κ2) is 8.85. The van der Waals surface area contributed by atoms with Gasteiger partial charge in [-0.3, -0.25) is 14.5 Å². The largest absolute Gasteiger partial charge is 0.496 e. The zero-order valence-electron chi connectivity index (χ0n) is 14.0. The third-order valence-electron chi connectivity index (χ3n) is 3.80. The van der Waals surface area contributed by atoms with Crippen LogP contribution in [0.15, 0.2) is 29.3 Å². The molecule has 0 N–H and O–H groups in total. The van der Waals surface area contributed by atoms with Crippen molar-refractivity contribution >= 4 is 29.0 Å². The molecule has 1 heterocycles. The highest BCUT2D eigenvalue weighted by atomic mass is 35.5. The Hall–Kier alpha value is -1.85. The zero-order chi connectivity index (χ0) is 17.5. The molecule has 1 aromatic carbocycles. The lowest BCUT2D eigenvalue weighted by Gasteiger charge is -2.15. The zero-order valence-corrected chi connectivity index (χ0v) is 14.8. The maximum Gasteiger partial charge on any atom is 0.273 e. The SMILES string of the molecule is CCCCOCCCN1C(=O)C(Cl)=C(c2ccccc2OC)C1=O. The van der Waals surface area contributed by atoms with Crippen LogP contribution in [0.2, 0.25) is 0 Å². The highest BCUT2D eigenvalue weighted by Crippen LogP contribution is 2.36. The van der Waals surface area contributed by atoms with E-state index in [-0.39, 0.29) is 16.5 Å². The van der Waals surface area contributed by atoms with Gasteiger partial charge in [0, 0.05) is 25.3 Å². The van der Waals surface area contributed by atoms with Crippen LogP contribution < -0.4 is 4.74 Å². The molecule has 0 aliphatic carbocycles. The smallest absolute Gasteiger partial charge is 0.273 e. The van der Waals surface area contributed by atoms with Gasteiger partial charge in [0.1, 0.15) is 10.8 Å². The summed E-state index contributed by atoms with van der Waals surface area (Å²) in [5.41, 5.74) is 0.732. The number of imide groups is 1. The molecule has 0 saturated heterocycles. The topological polar surface area (TPSA) is 55.8 Å². The first-order valence-electron chi connectivity index (χ1n) is 8.08. The minimum Gasteiger partial charge on any atom is -0.496 e. The van der Waals surface area contributed by atoms with Crippen LogP contribution in [0.25, 0.3) is 5.57 Å². The number of amides is 2. The van der Waals surface area contributed by atoms with Crippen molar-refractivity contribution in [3.63, 3.8) is 0 Å². The van der Waals surface area contributed by atoms with E-state index < -0.39 is 5.91 Å². The molecule has 5 nitrogen and oxygen atoms in total. The van der Waals surface area contributed by atoms with Gasteiger partial charge in [0.15, 0.2) is 0 Å². The molecular weight excluding hydrogens is 330 g/mol. The number of benzene rings is 1. The standard InChI is InChI=1S/C18H22ClNO4/c1-3-4-11-24-12-7-10-20-17(21)15(16(19)18(20)22)13-8-5-6-9-14(13)23-2/h5-6,8-9H,3-4,7,10-12H2,1-2H3. The number of para-hydroxylation sites is 1. The van der Waals surface area contributed by atoms with Crippen molar-refractivity contribution < 1.29 is 19.1 Å². The molecule has 2 rings (SSSR count). The molecule has 2 amide bonds. The first-order valence-corrected chi connectivity index (χ1v) is 8.46. The summed E-state index contributed by atoms with van der Waals surface area (Å²) in [5.74, 6) is -0.337. The molecule has 1 aliphatic rings. The van der Waals surface area contributed by atoms with Crippen molar-refractivity contribution in [1.29, 1.82) is 0 Å². The first-order chi connectivity index (χ1) is 11.6. The number of methoxy groups -OCH3 is 1. The van der Waals surface area contributed by atoms with Gasteiger partial charge in [0.25, 0.3) is 11.8 Å². The van der Waals surface area contributed by atoms with E-state index >= 15 is 0 Å². The molecule has 6 heteroatoms. The number of carbonyl (C=O) groups excluding carboxylic acids is 2. The Morgan fingerprint density at radius 3 is 2.50 bits per heavy atom. The fraction of sp³-hybridized carbons (Fsp3) is 0.444. The third-order valence-corrected chi connectivity index (χ3v) is 4.15. The van der Waals surface area contributed by atoms with E-state index in [1.54, 1.807) is 24.3 Å². The maximum atomic E-state index is 12.6. The van der Waals surface area contributed by atoms with Crippen molar-refractivity contribution in [3.05, 3.63) is 34.9 Å². The lowest BCUT2D eigenvalue weighted by Crippen LogP contribution is -2.32. The van der Waals surface area contributed by atoms with Crippen LogP contribution in [-0.2, 0) is 14.3 Å². The molecule has 24 heavy (non-hydrogen) atoms. The van der Waals surface area contributed by atoms with Crippen LogP contribution in [0.5, 0.6) is 5.75 Å². The summed E-state index contributed by atoms with van der Waals surface area (Å²) >= 11 is 6.14. The second-order valence-electron chi connectivity index (χ2n) is 5.47. The molecule has 0 fully saturated rings. The van der Waals surface area contributed by atoms with E-state index in [1.165, 1.54) is 12.0 Å². The number of halogens is 1. The summed E-state index contributed by atoms with van der Waals surface area (Å²) in [6, 6.07) is 7.02. The van der Waals surface area contributed by atoms with Gasteiger partial charge in [-0.1, -0.05) is 43.1 Å². The molecule has 0 saturated carbocycles. The lowest BCUT2D eigenvalue weighted by molar-refractivity contribution is -0.136. The average Bonchev–Trinajstić information content (AvgIpc) is 2.81. The Kier molecular flexibility index (Phi) is 6.82. The number of hydrogen-bond acceptors (Lipinski definition) is 4. The fourth-order valence-electron chi connectivity index (χ4n) is 2.51. The van der Waals surface area contributed by atoms with Crippen LogP contribution >= 0.6 is 11.6 Å². The van der Waals surface area contributed by atoms with Gasteiger partial charge < -0.3 is 9.47 Å². The van der Waals surface area contributed by atoms with Gasteiger partial charge >= 0.3 is 0 Å². The first kappa shape index (κ1) is 18.5. The van der Waals surface area contributed by atoms with Gasteiger partial charge in [0.05, 0.1) is 12.7 Å². The van der Waals surface area contributed by atoms with E-state index in [9.17, 15) is 9.59 Å². The summed E-state index contributed by atoms with van der Waals surface area (Å²) in [6.07, 6.45) is 2.67. The summed E-state index contributed by atoms with van der Waals surface area (Å²) in [5, 5.41) is -0.0589. The second-order valence-corrected chi connectivity index (χ2v) is 5.85. The number of ether oxygens (including phenoxy) is 2. The predicted octanol–water partition coefficient (Wildman–Crippen LogP) is 3.22. The monoisotopic (exact) mass is 351 g/mol. The Bertz CT molecular complexity index is 642. The Labute approximate surface area is 147 Å². The van der Waals surface area contributed by atoms with E-state index in [2.05, 4.69) is 6.92 Å². The Balaban J connectivity index is 2.05. The molecule has 1 aliphatic heterocycles. The van der Waals surface area contributed by atoms with Gasteiger partial charge in [-0.25, -0.2) is 0 Å². The normalized spacial score (nSPS) is 14.7. The van der Waals surface area contributed by atoms with Crippen molar-refractivity contribution in [1.82, 2.24) is 4.90 Å². The molecule has 130 valence electrons. The number of hydrogen-bond donors (Lipinski definition) is 0. The summed E-state index contributed by atoms with van der Waals surface area (Å²) in [4.78, 5) is 26.1. The molecule has 0 radical (unpaired) electrons. The molecule has 0 atom stereocenters. The third kappa shape index (κ3) is 3.97. The highest BCUT2D eigenvalue weighted by molar-refractivity contribution is 6.55. The van der Waals surface area contributed by atoms with E-state index in [1.807, 2.05) is 0 Å². The van der Waals surface area contributed by atoms with Crippen LogP contribution in [0.4, 0.5) is 0 Å². The summed E-state index contributed by atoms with van der Waals surface area (Å²) in [7, 11) is 1.51. The maximum absolute atomic E-state index is 12.6. The fourth-order valence-corrected chi connectivity index (χ4v) is 2.79. The summed E-state index contributed by atoms with van der Waals surface area (Å²) in [6.45, 7) is 3.60.